The van der Waals surface area contributed by atoms with Crippen molar-refractivity contribution in [1.82, 2.24) is 24.7 Å². The molecule has 0 saturated carbocycles. The molecule has 0 spiro atoms. The molecule has 1 aromatic carbocycles. The van der Waals surface area contributed by atoms with Crippen LogP contribution in [0.2, 0.25) is 0 Å². The summed E-state index contributed by atoms with van der Waals surface area (Å²) in [5, 5.41) is 6.49. The Hall–Kier alpha value is -2.76. The first-order valence-electron chi connectivity index (χ1n) is 6.21. The van der Waals surface area contributed by atoms with Crippen molar-refractivity contribution in [3.8, 4) is 11.5 Å². The van der Waals surface area contributed by atoms with Gasteiger partial charge in [0.15, 0.2) is 5.82 Å². The largest absolute Gasteiger partial charge is 0.343 e. The lowest BCUT2D eigenvalue weighted by Crippen LogP contribution is -2.18. The van der Waals surface area contributed by atoms with Crippen LogP contribution in [0, 0.1) is 6.92 Å². The van der Waals surface area contributed by atoms with Crippen molar-refractivity contribution in [2.75, 3.05) is 0 Å². The molecule has 0 fully saturated rings. The van der Waals surface area contributed by atoms with Gasteiger partial charge in [-0.05, 0) is 12.5 Å². The summed E-state index contributed by atoms with van der Waals surface area (Å²) in [6.45, 7) is 2.47. The number of benzene rings is 1. The Kier molecular flexibility index (Phi) is 3.12. The van der Waals surface area contributed by atoms with E-state index in [4.69, 9.17) is 0 Å². The Balaban J connectivity index is 2.02. The maximum atomic E-state index is 11.9. The van der Waals surface area contributed by atoms with Crippen LogP contribution in [-0.4, -0.2) is 24.7 Å². The number of hydrogen-bond donors (Lipinski definition) is 1. The third-order valence-electron chi connectivity index (χ3n) is 2.97. The van der Waals surface area contributed by atoms with Crippen molar-refractivity contribution in [3.05, 3.63) is 64.5 Å². The molecule has 0 amide bonds. The summed E-state index contributed by atoms with van der Waals surface area (Å²) in [6.07, 6.45) is 4.74. The van der Waals surface area contributed by atoms with Crippen LogP contribution < -0.4 is 5.69 Å². The summed E-state index contributed by atoms with van der Waals surface area (Å²) in [5.41, 5.74) is 2.50. The average molecular weight is 267 g/mol. The van der Waals surface area contributed by atoms with E-state index in [1.165, 1.54) is 0 Å². The molecule has 3 rings (SSSR count). The minimum Gasteiger partial charge on any atom is -0.269 e. The molecule has 20 heavy (non-hydrogen) atoms. The van der Waals surface area contributed by atoms with Gasteiger partial charge in [-0.25, -0.2) is 14.9 Å². The van der Waals surface area contributed by atoms with Crippen molar-refractivity contribution < 1.29 is 0 Å². The maximum Gasteiger partial charge on any atom is 0.343 e. The molecule has 0 saturated heterocycles. The van der Waals surface area contributed by atoms with E-state index in [1.807, 2.05) is 31.2 Å². The van der Waals surface area contributed by atoms with Gasteiger partial charge in [0.25, 0.3) is 0 Å². The average Bonchev–Trinajstić information content (AvgIpc) is 2.81. The molecule has 0 bridgehead atoms. The fourth-order valence-corrected chi connectivity index (χ4v) is 2.07. The predicted molar refractivity (Wildman–Crippen MR) is 74.2 cm³/mol. The van der Waals surface area contributed by atoms with Gasteiger partial charge in [0.1, 0.15) is 5.69 Å². The van der Waals surface area contributed by atoms with Crippen LogP contribution in [0.3, 0.4) is 0 Å². The van der Waals surface area contributed by atoms with Gasteiger partial charge in [0.2, 0.25) is 0 Å². The van der Waals surface area contributed by atoms with Crippen LogP contribution >= 0.6 is 0 Å². The second kappa shape index (κ2) is 5.08. The lowest BCUT2D eigenvalue weighted by Gasteiger charge is -2.06. The van der Waals surface area contributed by atoms with E-state index in [1.54, 1.807) is 23.2 Å². The third-order valence-corrected chi connectivity index (χ3v) is 2.97. The van der Waals surface area contributed by atoms with E-state index >= 15 is 0 Å². The number of nitrogens with zero attached hydrogens (tertiary/aromatic N) is 4. The normalized spacial score (nSPS) is 10.7. The van der Waals surface area contributed by atoms with E-state index in [2.05, 4.69) is 20.2 Å². The first-order valence-corrected chi connectivity index (χ1v) is 6.21. The third kappa shape index (κ3) is 2.35. The number of nitrogens with one attached hydrogen (secondary N) is 1. The zero-order valence-corrected chi connectivity index (χ0v) is 10.9. The fourth-order valence-electron chi connectivity index (χ4n) is 2.07. The molecule has 0 radical (unpaired) electrons. The van der Waals surface area contributed by atoms with Crippen molar-refractivity contribution in [3.63, 3.8) is 0 Å². The quantitative estimate of drug-likeness (QED) is 0.778. The minimum atomic E-state index is -0.257. The van der Waals surface area contributed by atoms with Gasteiger partial charge in [0.05, 0.1) is 12.7 Å². The number of hydrogen-bond acceptors (Lipinski definition) is 4. The van der Waals surface area contributed by atoms with E-state index < -0.39 is 0 Å². The first kappa shape index (κ1) is 12.3. The zero-order chi connectivity index (χ0) is 13.9. The molecular formula is C14H13N5O. The van der Waals surface area contributed by atoms with E-state index in [0.717, 1.165) is 11.1 Å². The topological polar surface area (TPSA) is 76.5 Å². The number of rotatable bonds is 3. The summed E-state index contributed by atoms with van der Waals surface area (Å²) in [7, 11) is 0. The Labute approximate surface area is 115 Å². The van der Waals surface area contributed by atoms with Gasteiger partial charge in [-0.15, -0.1) is 0 Å². The number of aryl methyl sites for hydroxylation is 1. The highest BCUT2D eigenvalue weighted by atomic mass is 16.1. The summed E-state index contributed by atoms with van der Waals surface area (Å²) in [4.78, 5) is 20.1. The Morgan fingerprint density at radius 1 is 1.30 bits per heavy atom. The molecule has 2 heterocycles. The van der Waals surface area contributed by atoms with Crippen molar-refractivity contribution in [2.45, 2.75) is 13.5 Å². The standard InChI is InChI=1S/C14H13N5O/c1-10-3-2-4-11(7-10)9-19-13(17-18-14(19)20)12-8-15-5-6-16-12/h2-8H,9H2,1H3,(H,18,20). The van der Waals surface area contributed by atoms with Crippen molar-refractivity contribution >= 4 is 0 Å². The minimum absolute atomic E-state index is 0.257. The molecule has 100 valence electrons. The monoisotopic (exact) mass is 267 g/mol. The van der Waals surface area contributed by atoms with Gasteiger partial charge in [-0.2, -0.15) is 5.10 Å². The van der Waals surface area contributed by atoms with Crippen LogP contribution in [0.15, 0.2) is 47.7 Å². The Bertz CT molecular complexity index is 776. The molecule has 0 aliphatic rings. The van der Waals surface area contributed by atoms with Crippen LogP contribution in [0.1, 0.15) is 11.1 Å². The summed E-state index contributed by atoms with van der Waals surface area (Å²) in [5.74, 6) is 0.490. The predicted octanol–water partition coefficient (Wildman–Crippen LogP) is 1.39. The number of H-pyrrole nitrogens is 1. The molecule has 6 nitrogen and oxygen atoms in total. The highest BCUT2D eigenvalue weighted by Crippen LogP contribution is 2.12. The molecular weight excluding hydrogens is 254 g/mol. The van der Waals surface area contributed by atoms with Crippen LogP contribution in [0.4, 0.5) is 0 Å². The van der Waals surface area contributed by atoms with E-state index in [0.29, 0.717) is 18.1 Å². The molecule has 0 unspecified atom stereocenters. The molecule has 0 atom stereocenters. The Morgan fingerprint density at radius 3 is 2.95 bits per heavy atom. The van der Waals surface area contributed by atoms with Gasteiger partial charge in [-0.3, -0.25) is 9.55 Å². The van der Waals surface area contributed by atoms with Crippen LogP contribution in [0.25, 0.3) is 11.5 Å². The summed E-state index contributed by atoms with van der Waals surface area (Å²) < 4.78 is 1.55. The van der Waals surface area contributed by atoms with E-state index in [9.17, 15) is 4.79 Å². The first-order chi connectivity index (χ1) is 9.74. The van der Waals surface area contributed by atoms with Crippen LogP contribution in [-0.2, 0) is 6.54 Å². The van der Waals surface area contributed by atoms with E-state index in [-0.39, 0.29) is 5.69 Å². The smallest absolute Gasteiger partial charge is 0.269 e. The second-order valence-corrected chi connectivity index (χ2v) is 4.52. The summed E-state index contributed by atoms with van der Waals surface area (Å²) in [6, 6.07) is 8.01. The van der Waals surface area contributed by atoms with Gasteiger partial charge in [0, 0.05) is 12.4 Å². The molecule has 0 aliphatic carbocycles. The zero-order valence-electron chi connectivity index (χ0n) is 10.9. The van der Waals surface area contributed by atoms with Gasteiger partial charge < -0.3 is 0 Å². The van der Waals surface area contributed by atoms with Gasteiger partial charge in [-0.1, -0.05) is 29.8 Å². The number of aromatic nitrogens is 5. The van der Waals surface area contributed by atoms with Crippen molar-refractivity contribution in [2.24, 2.45) is 0 Å². The maximum absolute atomic E-state index is 11.9. The molecule has 1 N–H and O–H groups in total. The SMILES string of the molecule is Cc1cccc(Cn2c(-c3cnccn3)n[nH]c2=O)c1. The lowest BCUT2D eigenvalue weighted by atomic mass is 10.1. The molecule has 0 aliphatic heterocycles. The summed E-state index contributed by atoms with van der Waals surface area (Å²) >= 11 is 0. The highest BCUT2D eigenvalue weighted by molar-refractivity contribution is 5.46. The Morgan fingerprint density at radius 2 is 2.20 bits per heavy atom. The lowest BCUT2D eigenvalue weighted by molar-refractivity contribution is 0.765. The number of aromatic amines is 1. The molecule has 2 aromatic heterocycles. The van der Waals surface area contributed by atoms with Crippen LogP contribution in [0.5, 0.6) is 0 Å². The highest BCUT2D eigenvalue weighted by Gasteiger charge is 2.12. The second-order valence-electron chi connectivity index (χ2n) is 4.52. The fraction of sp³-hybridized carbons (Fsp3) is 0.143. The molecule has 3 aromatic rings. The van der Waals surface area contributed by atoms with Gasteiger partial charge >= 0.3 is 5.69 Å². The van der Waals surface area contributed by atoms with Crippen molar-refractivity contribution in [1.29, 1.82) is 0 Å². The molecule has 6 heteroatoms.